The summed E-state index contributed by atoms with van der Waals surface area (Å²) >= 11 is 0. The quantitative estimate of drug-likeness (QED) is 0.314. The molecule has 228 valence electrons. The van der Waals surface area contributed by atoms with Crippen LogP contribution in [0.1, 0.15) is 40.2 Å². The molecule has 0 aromatic heterocycles. The summed E-state index contributed by atoms with van der Waals surface area (Å²) in [6.07, 6.45) is -11.1. The average molecular weight is 587 g/mol. The number of ether oxygens (including phenoxy) is 6. The third-order valence-corrected chi connectivity index (χ3v) is 12.7. The van der Waals surface area contributed by atoms with Gasteiger partial charge in [-0.25, -0.2) is 0 Å². The van der Waals surface area contributed by atoms with Gasteiger partial charge in [0.05, 0.1) is 19.8 Å². The highest BCUT2D eigenvalue weighted by Crippen LogP contribution is 2.41. The monoisotopic (exact) mass is 586 g/mol. The zero-order valence-corrected chi connectivity index (χ0v) is 25.4. The van der Waals surface area contributed by atoms with Gasteiger partial charge in [0.15, 0.2) is 26.7 Å². The smallest absolute Gasteiger partial charge is 0.192 e. The van der Waals surface area contributed by atoms with E-state index in [0.29, 0.717) is 0 Å². The minimum Gasteiger partial charge on any atom is -0.414 e. The number of hydrogen-bond donors (Lipinski definition) is 4. The van der Waals surface area contributed by atoms with E-state index in [0.717, 1.165) is 5.56 Å². The third kappa shape index (κ3) is 6.96. The second kappa shape index (κ2) is 12.3. The van der Waals surface area contributed by atoms with Crippen LogP contribution >= 0.6 is 0 Å². The molecule has 0 amide bonds. The summed E-state index contributed by atoms with van der Waals surface area (Å²) in [6.45, 7) is 14.0. The highest BCUT2D eigenvalue weighted by Gasteiger charge is 2.57. The molecule has 10 atom stereocenters. The van der Waals surface area contributed by atoms with Crippen LogP contribution in [-0.2, 0) is 39.5 Å². The summed E-state index contributed by atoms with van der Waals surface area (Å²) in [6, 6.07) is 9.31. The first-order chi connectivity index (χ1) is 18.6. The van der Waals surface area contributed by atoms with Gasteiger partial charge < -0.3 is 53.3 Å². The maximum Gasteiger partial charge on any atom is 0.192 e. The Morgan fingerprint density at radius 1 is 0.875 bits per heavy atom. The average Bonchev–Trinajstić information content (AvgIpc) is 3.22. The van der Waals surface area contributed by atoms with Crippen molar-refractivity contribution in [2.75, 3.05) is 13.2 Å². The molecule has 3 aliphatic heterocycles. The molecule has 4 rings (SSSR count). The maximum absolute atomic E-state index is 11.2. The van der Waals surface area contributed by atoms with Gasteiger partial charge in [-0.15, -0.1) is 0 Å². The summed E-state index contributed by atoms with van der Waals surface area (Å²) in [7, 11) is -2.15. The van der Waals surface area contributed by atoms with Gasteiger partial charge in [-0.2, -0.15) is 0 Å². The lowest BCUT2D eigenvalue weighted by molar-refractivity contribution is -0.354. The second-order valence-corrected chi connectivity index (χ2v) is 17.6. The van der Waals surface area contributed by atoms with Crippen LogP contribution in [-0.4, -0.2) is 109 Å². The Morgan fingerprint density at radius 3 is 2.12 bits per heavy atom. The Morgan fingerprint density at radius 2 is 1.50 bits per heavy atom. The molecule has 0 spiro atoms. The van der Waals surface area contributed by atoms with Crippen LogP contribution in [0.25, 0.3) is 0 Å². The first-order valence-corrected chi connectivity index (χ1v) is 16.8. The molecule has 0 aliphatic carbocycles. The number of fused-ring (bicyclic) bond motifs is 1. The second-order valence-electron chi connectivity index (χ2n) is 12.8. The Kier molecular flexibility index (Phi) is 9.82. The van der Waals surface area contributed by atoms with Gasteiger partial charge in [-0.3, -0.25) is 0 Å². The predicted molar refractivity (Wildman–Crippen MR) is 146 cm³/mol. The normalized spacial score (nSPS) is 38.3. The zero-order valence-electron chi connectivity index (χ0n) is 24.4. The minimum atomic E-state index is -2.15. The third-order valence-electron chi connectivity index (χ3n) is 8.24. The van der Waals surface area contributed by atoms with Gasteiger partial charge >= 0.3 is 0 Å². The fraction of sp³-hybridized carbons (Fsp3) is 0.786. The summed E-state index contributed by atoms with van der Waals surface area (Å²) in [5.41, 5.74) is 0.854. The summed E-state index contributed by atoms with van der Waals surface area (Å²) < 4.78 is 42.2. The number of benzene rings is 1. The predicted octanol–water partition coefficient (Wildman–Crippen LogP) is 1.66. The number of aliphatic hydroxyl groups is 4. The van der Waals surface area contributed by atoms with Crippen LogP contribution in [0.5, 0.6) is 0 Å². The van der Waals surface area contributed by atoms with E-state index in [1.807, 2.05) is 30.3 Å². The molecule has 4 N–H and O–H groups in total. The number of rotatable bonds is 9. The van der Waals surface area contributed by atoms with Crippen LogP contribution < -0.4 is 0 Å². The molecule has 3 aliphatic rings. The van der Waals surface area contributed by atoms with Crippen LogP contribution in [0.4, 0.5) is 0 Å². The van der Waals surface area contributed by atoms with Crippen molar-refractivity contribution in [1.82, 2.24) is 0 Å². The summed E-state index contributed by atoms with van der Waals surface area (Å²) in [5, 5.41) is 43.0. The minimum absolute atomic E-state index is 0.0318. The van der Waals surface area contributed by atoms with Crippen molar-refractivity contribution >= 4 is 8.32 Å². The Hall–Kier alpha value is -1.00. The molecular formula is C28H46O11Si. The molecule has 40 heavy (non-hydrogen) atoms. The van der Waals surface area contributed by atoms with Crippen LogP contribution in [0.3, 0.4) is 0 Å². The summed E-state index contributed by atoms with van der Waals surface area (Å²) in [4.78, 5) is 0. The number of hydrogen-bond acceptors (Lipinski definition) is 11. The van der Waals surface area contributed by atoms with E-state index in [2.05, 4.69) is 33.9 Å². The van der Waals surface area contributed by atoms with Crippen molar-refractivity contribution in [3.63, 3.8) is 0 Å². The van der Waals surface area contributed by atoms with Gasteiger partial charge in [-0.05, 0) is 37.5 Å². The largest absolute Gasteiger partial charge is 0.414 e. The lowest BCUT2D eigenvalue weighted by Gasteiger charge is -2.46. The Bertz CT molecular complexity index is 953. The first kappa shape index (κ1) is 31.9. The van der Waals surface area contributed by atoms with E-state index in [4.69, 9.17) is 32.8 Å². The molecule has 3 heterocycles. The van der Waals surface area contributed by atoms with Crippen molar-refractivity contribution in [2.24, 2.45) is 0 Å². The lowest BCUT2D eigenvalue weighted by Crippen LogP contribution is -2.64. The van der Waals surface area contributed by atoms with E-state index in [9.17, 15) is 20.4 Å². The van der Waals surface area contributed by atoms with Gasteiger partial charge in [0.1, 0.15) is 48.8 Å². The van der Waals surface area contributed by atoms with Crippen molar-refractivity contribution in [1.29, 1.82) is 0 Å². The van der Waals surface area contributed by atoms with Gasteiger partial charge in [0.25, 0.3) is 0 Å². The molecular weight excluding hydrogens is 540 g/mol. The SMILES string of the molecule is CC1(C)O[C@@H]2[C@@H](O)[C@H](O[C@H]3[C@H](O)[C@@H](O)[C@H](OCc4ccccc4)O[C@@H]3CO)O[C@H](CO[Si](C)(C)C(C)(C)C)[C@@H]2O1. The first-order valence-electron chi connectivity index (χ1n) is 13.9. The standard InChI is InChI=1S/C28H46O11Si/c1-27(2,3)40(6,7)34-15-18-23-24(39-28(4,5)38-23)21(32)26(36-18)37-22-17(13-29)35-25(20(31)19(22)30)33-14-16-11-9-8-10-12-16/h8-12,17-26,29-32H,13-15H2,1-7H3/t17-,18-,19-,20-,21-,22-,23+,24-,25-,26+/m1/s1. The van der Waals surface area contributed by atoms with Gasteiger partial charge in [0.2, 0.25) is 0 Å². The summed E-state index contributed by atoms with van der Waals surface area (Å²) in [5.74, 6) is -0.968. The lowest BCUT2D eigenvalue weighted by atomic mass is 9.97. The van der Waals surface area contributed by atoms with Gasteiger partial charge in [-0.1, -0.05) is 51.1 Å². The molecule has 12 heteroatoms. The van der Waals surface area contributed by atoms with Crippen molar-refractivity contribution in [3.05, 3.63) is 35.9 Å². The topological polar surface area (TPSA) is 146 Å². The molecule has 0 bridgehead atoms. The van der Waals surface area contributed by atoms with Gasteiger partial charge in [0, 0.05) is 0 Å². The van der Waals surface area contributed by atoms with E-state index in [1.165, 1.54) is 0 Å². The fourth-order valence-electron chi connectivity index (χ4n) is 4.87. The van der Waals surface area contributed by atoms with E-state index < -0.39 is 82.1 Å². The maximum atomic E-state index is 11.2. The molecule has 0 saturated carbocycles. The molecule has 3 saturated heterocycles. The van der Waals surface area contributed by atoms with Crippen molar-refractivity contribution in [3.8, 4) is 0 Å². The molecule has 3 fully saturated rings. The molecule has 1 aromatic rings. The van der Waals surface area contributed by atoms with Crippen molar-refractivity contribution in [2.45, 2.75) is 127 Å². The Labute approximate surface area is 237 Å². The van der Waals surface area contributed by atoms with E-state index in [-0.39, 0.29) is 18.3 Å². The Balaban J connectivity index is 1.47. The van der Waals surface area contributed by atoms with Crippen molar-refractivity contribution < 1.29 is 53.3 Å². The molecule has 11 nitrogen and oxygen atoms in total. The number of aliphatic hydroxyl groups excluding tert-OH is 4. The fourth-order valence-corrected chi connectivity index (χ4v) is 5.89. The van der Waals surface area contributed by atoms with E-state index in [1.54, 1.807) is 13.8 Å². The zero-order chi connectivity index (χ0) is 29.5. The molecule has 1 aromatic carbocycles. The van der Waals surface area contributed by atoms with E-state index >= 15 is 0 Å². The van der Waals surface area contributed by atoms with Crippen LogP contribution in [0, 0.1) is 0 Å². The molecule has 0 unspecified atom stereocenters. The highest BCUT2D eigenvalue weighted by molar-refractivity contribution is 6.74. The highest BCUT2D eigenvalue weighted by atomic mass is 28.4. The molecule has 0 radical (unpaired) electrons. The van der Waals surface area contributed by atoms with Crippen LogP contribution in [0.15, 0.2) is 30.3 Å². The van der Waals surface area contributed by atoms with Crippen LogP contribution in [0.2, 0.25) is 18.1 Å².